The Bertz CT molecular complexity index is 798. The number of anilines is 1. The lowest BCUT2D eigenvalue weighted by atomic mass is 10.0. The van der Waals surface area contributed by atoms with E-state index in [1.165, 1.54) is 17.3 Å². The molecule has 25 heavy (non-hydrogen) atoms. The molecule has 0 spiro atoms. The first-order valence-electron chi connectivity index (χ1n) is 8.57. The molecule has 1 aromatic carbocycles. The molecule has 7 heteroatoms. The number of sulfone groups is 1. The molecule has 0 saturated carbocycles. The summed E-state index contributed by atoms with van der Waals surface area (Å²) in [5.74, 6) is 0.345. The maximum Gasteiger partial charge on any atom is 0.250 e. The molecule has 2 atom stereocenters. The number of carbonyl (C=O) groups is 1. The minimum Gasteiger partial charge on any atom is -0.316 e. The van der Waals surface area contributed by atoms with Crippen molar-refractivity contribution < 1.29 is 13.2 Å². The van der Waals surface area contributed by atoms with Crippen molar-refractivity contribution in [1.82, 2.24) is 0 Å². The molecule has 0 aliphatic carbocycles. The van der Waals surface area contributed by atoms with Gasteiger partial charge in [0, 0.05) is 16.9 Å². The van der Waals surface area contributed by atoms with Crippen LogP contribution in [0.3, 0.4) is 0 Å². The van der Waals surface area contributed by atoms with E-state index in [1.807, 2.05) is 30.9 Å². The van der Waals surface area contributed by atoms with Gasteiger partial charge in [-0.25, -0.2) is 8.42 Å². The molecule has 2 saturated heterocycles. The summed E-state index contributed by atoms with van der Waals surface area (Å²) in [5.41, 5.74) is 2.12. The van der Waals surface area contributed by atoms with Crippen LogP contribution in [0, 0.1) is 5.92 Å². The molecule has 0 N–H and O–H groups in total. The highest BCUT2D eigenvalue weighted by Gasteiger charge is 2.49. The monoisotopic (exact) mass is 380 g/mol. The first kappa shape index (κ1) is 18.5. The number of thioether (sulfide) groups is 1. The number of carbonyl (C=O) groups excluding carboxylic acids is 1. The summed E-state index contributed by atoms with van der Waals surface area (Å²) in [7, 11) is -3.04. The highest BCUT2D eigenvalue weighted by atomic mass is 32.2. The molecule has 5 nitrogen and oxygen atoms in total. The normalized spacial score (nSPS) is 26.6. The van der Waals surface area contributed by atoms with Crippen LogP contribution in [0.15, 0.2) is 29.3 Å². The Kier molecular flexibility index (Phi) is 4.99. The number of benzene rings is 1. The number of hydrogen-bond donors (Lipinski definition) is 0. The Morgan fingerprint density at radius 3 is 2.36 bits per heavy atom. The van der Waals surface area contributed by atoms with Crippen molar-refractivity contribution in [1.29, 1.82) is 0 Å². The average molecular weight is 381 g/mol. The molecule has 1 amide bonds. The van der Waals surface area contributed by atoms with Crippen molar-refractivity contribution in [2.75, 3.05) is 16.4 Å². The summed E-state index contributed by atoms with van der Waals surface area (Å²) in [6.45, 7) is 7.90. The van der Waals surface area contributed by atoms with Crippen molar-refractivity contribution in [2.45, 2.75) is 44.9 Å². The molecule has 2 aliphatic heterocycles. The Morgan fingerprint density at radius 2 is 1.80 bits per heavy atom. The molecule has 1 aromatic rings. The van der Waals surface area contributed by atoms with Crippen LogP contribution >= 0.6 is 11.8 Å². The first-order valence-corrected chi connectivity index (χ1v) is 11.3. The van der Waals surface area contributed by atoms with Gasteiger partial charge in [-0.1, -0.05) is 51.6 Å². The molecule has 0 aromatic heterocycles. The molecular formula is C18H24N2O3S2. The Balaban J connectivity index is 1.98. The van der Waals surface area contributed by atoms with Crippen molar-refractivity contribution >= 4 is 38.4 Å². The number of amides is 1. The summed E-state index contributed by atoms with van der Waals surface area (Å²) in [6, 6.07) is 7.96. The molecule has 3 rings (SSSR count). The first-order chi connectivity index (χ1) is 11.7. The largest absolute Gasteiger partial charge is 0.316 e. The van der Waals surface area contributed by atoms with Gasteiger partial charge in [-0.15, -0.1) is 0 Å². The number of hydrogen-bond acceptors (Lipinski definition) is 4. The third kappa shape index (κ3) is 3.77. The van der Waals surface area contributed by atoms with Crippen molar-refractivity contribution in [3.8, 4) is 0 Å². The number of rotatable bonds is 3. The quantitative estimate of drug-likeness (QED) is 0.806. The third-order valence-corrected chi connectivity index (χ3v) is 7.81. The van der Waals surface area contributed by atoms with Gasteiger partial charge < -0.3 is 4.90 Å². The summed E-state index contributed by atoms with van der Waals surface area (Å²) in [4.78, 5) is 18.4. The molecule has 136 valence electrons. The SMILES string of the molecule is CC(C)C(=O)N=C1S[C@H]2CS(=O)(=O)C[C@@H]2N1c1ccc(C(C)C)cc1. The molecular weight excluding hydrogens is 356 g/mol. The van der Waals surface area contributed by atoms with Gasteiger partial charge in [-0.05, 0) is 23.6 Å². The van der Waals surface area contributed by atoms with E-state index in [0.29, 0.717) is 11.1 Å². The van der Waals surface area contributed by atoms with Gasteiger partial charge in [0.1, 0.15) is 0 Å². The van der Waals surface area contributed by atoms with E-state index in [1.54, 1.807) is 0 Å². The number of fused-ring (bicyclic) bond motifs is 1. The lowest BCUT2D eigenvalue weighted by Crippen LogP contribution is -2.37. The van der Waals surface area contributed by atoms with Gasteiger partial charge >= 0.3 is 0 Å². The lowest BCUT2D eigenvalue weighted by molar-refractivity contribution is -0.120. The lowest BCUT2D eigenvalue weighted by Gasteiger charge is -2.25. The van der Waals surface area contributed by atoms with Gasteiger partial charge in [0.05, 0.1) is 17.5 Å². The van der Waals surface area contributed by atoms with Crippen LogP contribution < -0.4 is 4.90 Å². The summed E-state index contributed by atoms with van der Waals surface area (Å²) < 4.78 is 24.1. The highest BCUT2D eigenvalue weighted by molar-refractivity contribution is 8.16. The van der Waals surface area contributed by atoms with E-state index < -0.39 is 9.84 Å². The minimum atomic E-state index is -3.04. The van der Waals surface area contributed by atoms with E-state index in [0.717, 1.165) is 5.69 Å². The second-order valence-electron chi connectivity index (χ2n) is 7.30. The number of amidine groups is 1. The number of nitrogens with zero attached hydrogens (tertiary/aromatic N) is 2. The standard InChI is InChI=1S/C18H24N2O3S2/c1-11(2)13-5-7-14(8-6-13)20-15-9-25(22,23)10-16(15)24-18(20)19-17(21)12(3)4/h5-8,11-12,15-16H,9-10H2,1-4H3/t15-,16-/m0/s1. The second-order valence-corrected chi connectivity index (χ2v) is 10.7. The van der Waals surface area contributed by atoms with Gasteiger partial charge in [0.15, 0.2) is 15.0 Å². The van der Waals surface area contributed by atoms with Crippen LogP contribution in [0.2, 0.25) is 0 Å². The topological polar surface area (TPSA) is 66.8 Å². The van der Waals surface area contributed by atoms with E-state index in [2.05, 4.69) is 31.0 Å². The van der Waals surface area contributed by atoms with Crippen molar-refractivity contribution in [3.63, 3.8) is 0 Å². The fourth-order valence-electron chi connectivity index (χ4n) is 3.11. The Morgan fingerprint density at radius 1 is 1.16 bits per heavy atom. The maximum atomic E-state index is 12.1. The molecule has 2 heterocycles. The van der Waals surface area contributed by atoms with Crippen LogP contribution in [0.25, 0.3) is 0 Å². The van der Waals surface area contributed by atoms with Gasteiger partial charge in [-0.3, -0.25) is 4.79 Å². The third-order valence-electron chi connectivity index (χ3n) is 4.60. The van der Waals surface area contributed by atoms with Gasteiger partial charge in [0.25, 0.3) is 5.91 Å². The van der Waals surface area contributed by atoms with Crippen molar-refractivity contribution in [3.05, 3.63) is 29.8 Å². The zero-order valence-electron chi connectivity index (χ0n) is 15.0. The predicted molar refractivity (Wildman–Crippen MR) is 104 cm³/mol. The molecule has 0 unspecified atom stereocenters. The summed E-state index contributed by atoms with van der Waals surface area (Å²) in [6.07, 6.45) is 0. The van der Waals surface area contributed by atoms with Gasteiger partial charge in [-0.2, -0.15) is 4.99 Å². The van der Waals surface area contributed by atoms with Crippen LogP contribution in [-0.4, -0.2) is 42.3 Å². The average Bonchev–Trinajstić information content (AvgIpc) is 2.98. The molecule has 0 bridgehead atoms. The van der Waals surface area contributed by atoms with Crippen LogP contribution in [0.4, 0.5) is 5.69 Å². The molecule has 2 fully saturated rings. The smallest absolute Gasteiger partial charge is 0.250 e. The van der Waals surface area contributed by atoms with Crippen molar-refractivity contribution in [2.24, 2.45) is 10.9 Å². The fourth-order valence-corrected chi connectivity index (χ4v) is 7.03. The second kappa shape index (κ2) is 6.76. The van der Waals surface area contributed by atoms with E-state index in [-0.39, 0.29) is 34.6 Å². The Labute approximate surface area is 153 Å². The summed E-state index contributed by atoms with van der Waals surface area (Å²) >= 11 is 1.42. The van der Waals surface area contributed by atoms with E-state index >= 15 is 0 Å². The van der Waals surface area contributed by atoms with E-state index in [4.69, 9.17) is 0 Å². The summed E-state index contributed by atoms with van der Waals surface area (Å²) in [5, 5.41) is 0.564. The molecule has 2 aliphatic rings. The minimum absolute atomic E-state index is 0.0616. The van der Waals surface area contributed by atoms with E-state index in [9.17, 15) is 13.2 Å². The number of aliphatic imine (C=N–C) groups is 1. The van der Waals surface area contributed by atoms with Crippen LogP contribution in [-0.2, 0) is 14.6 Å². The zero-order chi connectivity index (χ0) is 18.4. The molecule has 0 radical (unpaired) electrons. The maximum absolute atomic E-state index is 12.1. The fraction of sp³-hybridized carbons (Fsp3) is 0.556. The highest BCUT2D eigenvalue weighted by Crippen LogP contribution is 2.41. The Hall–Kier alpha value is -1.34. The van der Waals surface area contributed by atoms with Crippen LogP contribution in [0.1, 0.15) is 39.2 Å². The predicted octanol–water partition coefficient (Wildman–Crippen LogP) is 3.07. The van der Waals surface area contributed by atoms with Gasteiger partial charge in [0.2, 0.25) is 0 Å². The van der Waals surface area contributed by atoms with Crippen LogP contribution in [0.5, 0.6) is 0 Å². The zero-order valence-corrected chi connectivity index (χ0v) is 16.6.